The third kappa shape index (κ3) is 2.95. The first-order valence-electron chi connectivity index (χ1n) is 5.27. The zero-order valence-electron chi connectivity index (χ0n) is 9.70. The van der Waals surface area contributed by atoms with E-state index < -0.39 is 0 Å². The summed E-state index contributed by atoms with van der Waals surface area (Å²) in [4.78, 5) is 0. The summed E-state index contributed by atoms with van der Waals surface area (Å²) in [5, 5.41) is 9.46. The lowest BCUT2D eigenvalue weighted by Gasteiger charge is -2.04. The van der Waals surface area contributed by atoms with E-state index in [1.54, 1.807) is 21.6 Å². The first-order valence-corrected chi connectivity index (χ1v) is 7.49. The third-order valence-corrected chi connectivity index (χ3v) is 4.81. The number of rotatable bonds is 4. The van der Waals surface area contributed by atoms with E-state index in [-0.39, 0.29) is 0 Å². The number of benzene rings is 1. The van der Waals surface area contributed by atoms with Crippen LogP contribution in [0.15, 0.2) is 35.5 Å². The van der Waals surface area contributed by atoms with Gasteiger partial charge in [0, 0.05) is 10.8 Å². The Balaban J connectivity index is 2.21. The molecule has 0 atom stereocenters. The summed E-state index contributed by atoms with van der Waals surface area (Å²) >= 11 is 0. The van der Waals surface area contributed by atoms with Crippen LogP contribution in [-0.2, 0) is 0 Å². The van der Waals surface area contributed by atoms with Gasteiger partial charge in [0.2, 0.25) is 5.16 Å². The van der Waals surface area contributed by atoms with Gasteiger partial charge < -0.3 is 5.84 Å². The van der Waals surface area contributed by atoms with Crippen LogP contribution in [0.3, 0.4) is 0 Å². The molecule has 0 unspecified atom stereocenters. The van der Waals surface area contributed by atoms with Crippen molar-refractivity contribution in [2.45, 2.75) is 24.3 Å². The van der Waals surface area contributed by atoms with Gasteiger partial charge in [-0.15, -0.1) is 10.2 Å². The minimum absolute atomic E-state index is 0.525. The van der Waals surface area contributed by atoms with Crippen LogP contribution in [0.5, 0.6) is 0 Å². The van der Waals surface area contributed by atoms with Gasteiger partial charge in [-0.2, -0.15) is 0 Å². The van der Waals surface area contributed by atoms with Gasteiger partial charge in [0.15, 0.2) is 5.82 Å². The molecule has 4 nitrogen and oxygen atoms in total. The van der Waals surface area contributed by atoms with Crippen molar-refractivity contribution in [2.24, 2.45) is 0 Å². The molecule has 0 spiro atoms. The van der Waals surface area contributed by atoms with Gasteiger partial charge in [-0.25, -0.2) is 4.68 Å². The molecule has 6 heteroatoms. The fourth-order valence-corrected chi connectivity index (χ4v) is 2.95. The van der Waals surface area contributed by atoms with Gasteiger partial charge in [0.05, 0.1) is 0 Å². The van der Waals surface area contributed by atoms with Crippen LogP contribution in [0.2, 0.25) is 0 Å². The number of hydrogen-bond acceptors (Lipinski definition) is 5. The van der Waals surface area contributed by atoms with Crippen molar-refractivity contribution in [1.82, 2.24) is 14.9 Å². The molecule has 0 saturated carbocycles. The van der Waals surface area contributed by atoms with Crippen molar-refractivity contribution in [1.29, 1.82) is 0 Å². The SMILES string of the molecule is CC(C)SSc1nnc(-c2ccccc2)n1N. The van der Waals surface area contributed by atoms with E-state index in [9.17, 15) is 0 Å². The second-order valence-corrected chi connectivity index (χ2v) is 6.51. The maximum Gasteiger partial charge on any atom is 0.220 e. The van der Waals surface area contributed by atoms with E-state index in [0.29, 0.717) is 11.1 Å². The van der Waals surface area contributed by atoms with E-state index in [4.69, 9.17) is 5.84 Å². The highest BCUT2D eigenvalue weighted by Gasteiger charge is 2.12. The Hall–Kier alpha value is -1.14. The van der Waals surface area contributed by atoms with Crippen molar-refractivity contribution in [3.05, 3.63) is 30.3 Å². The lowest BCUT2D eigenvalue weighted by molar-refractivity contribution is 0.854. The summed E-state index contributed by atoms with van der Waals surface area (Å²) in [7, 11) is 3.27. The van der Waals surface area contributed by atoms with E-state index in [1.807, 2.05) is 30.3 Å². The minimum Gasteiger partial charge on any atom is -0.335 e. The molecule has 0 aliphatic rings. The molecule has 0 fully saturated rings. The monoisotopic (exact) mass is 266 g/mol. The van der Waals surface area contributed by atoms with Crippen molar-refractivity contribution in [3.8, 4) is 11.4 Å². The molecule has 90 valence electrons. The van der Waals surface area contributed by atoms with Crippen molar-refractivity contribution >= 4 is 21.6 Å². The second-order valence-electron chi connectivity index (χ2n) is 3.77. The van der Waals surface area contributed by atoms with E-state index in [0.717, 1.165) is 10.7 Å². The molecule has 1 aromatic heterocycles. The molecule has 2 aromatic rings. The highest BCUT2D eigenvalue weighted by Crippen LogP contribution is 2.33. The maximum atomic E-state index is 5.98. The quantitative estimate of drug-likeness (QED) is 0.681. The van der Waals surface area contributed by atoms with Gasteiger partial charge >= 0.3 is 0 Å². The Morgan fingerprint density at radius 2 is 1.88 bits per heavy atom. The minimum atomic E-state index is 0.525. The van der Waals surface area contributed by atoms with E-state index in [1.165, 1.54) is 4.68 Å². The summed E-state index contributed by atoms with van der Waals surface area (Å²) in [5.74, 6) is 6.67. The molecule has 0 amide bonds. The summed E-state index contributed by atoms with van der Waals surface area (Å²) in [5.41, 5.74) is 0.976. The lowest BCUT2D eigenvalue weighted by atomic mass is 10.2. The average Bonchev–Trinajstić information content (AvgIpc) is 2.69. The lowest BCUT2D eigenvalue weighted by Crippen LogP contribution is -2.11. The fourth-order valence-electron chi connectivity index (χ4n) is 1.26. The van der Waals surface area contributed by atoms with Crippen LogP contribution in [0.1, 0.15) is 13.8 Å². The highest BCUT2D eigenvalue weighted by molar-refractivity contribution is 8.76. The number of aromatic nitrogens is 3. The number of hydrogen-bond donors (Lipinski definition) is 1. The predicted molar refractivity (Wildman–Crippen MR) is 74.2 cm³/mol. The average molecular weight is 266 g/mol. The van der Waals surface area contributed by atoms with Crippen molar-refractivity contribution < 1.29 is 0 Å². The smallest absolute Gasteiger partial charge is 0.220 e. The van der Waals surface area contributed by atoms with Crippen LogP contribution in [0, 0.1) is 0 Å². The molecule has 1 aromatic carbocycles. The van der Waals surface area contributed by atoms with Gasteiger partial charge in [-0.3, -0.25) is 0 Å². The zero-order chi connectivity index (χ0) is 12.3. The van der Waals surface area contributed by atoms with Gasteiger partial charge in [-0.1, -0.05) is 55.0 Å². The van der Waals surface area contributed by atoms with Crippen LogP contribution in [0.25, 0.3) is 11.4 Å². The Morgan fingerprint density at radius 1 is 1.18 bits per heavy atom. The molecule has 0 aliphatic carbocycles. The van der Waals surface area contributed by atoms with Crippen LogP contribution in [0.4, 0.5) is 0 Å². The molecule has 0 saturated heterocycles. The fraction of sp³-hybridized carbons (Fsp3) is 0.273. The van der Waals surface area contributed by atoms with Crippen LogP contribution >= 0.6 is 21.6 Å². The molecule has 0 aliphatic heterocycles. The molecular weight excluding hydrogens is 252 g/mol. The Bertz CT molecular complexity index is 481. The highest BCUT2D eigenvalue weighted by atomic mass is 33.1. The normalized spacial score (nSPS) is 11.0. The molecule has 0 radical (unpaired) electrons. The Kier molecular flexibility index (Phi) is 3.96. The number of nitrogen functional groups attached to an aromatic ring is 1. The van der Waals surface area contributed by atoms with Crippen molar-refractivity contribution in [2.75, 3.05) is 5.84 Å². The van der Waals surface area contributed by atoms with E-state index in [2.05, 4.69) is 24.0 Å². The molecule has 0 bridgehead atoms. The topological polar surface area (TPSA) is 56.7 Å². The number of nitrogens with zero attached hydrogens (tertiary/aromatic N) is 3. The largest absolute Gasteiger partial charge is 0.335 e. The standard InChI is InChI=1S/C11H14N4S2/c1-8(2)16-17-11-14-13-10(15(11)12)9-6-4-3-5-7-9/h3-8H,12H2,1-2H3. The summed E-state index contributed by atoms with van der Waals surface area (Å²) in [6, 6.07) is 9.82. The van der Waals surface area contributed by atoms with E-state index >= 15 is 0 Å². The molecule has 17 heavy (non-hydrogen) atoms. The Morgan fingerprint density at radius 3 is 2.53 bits per heavy atom. The van der Waals surface area contributed by atoms with Gasteiger partial charge in [0.1, 0.15) is 0 Å². The maximum absolute atomic E-state index is 5.98. The van der Waals surface area contributed by atoms with Gasteiger partial charge in [0.25, 0.3) is 0 Å². The second kappa shape index (κ2) is 5.46. The first-order chi connectivity index (χ1) is 8.18. The predicted octanol–water partition coefficient (Wildman–Crippen LogP) is 2.81. The molecule has 1 heterocycles. The molecule has 2 rings (SSSR count). The zero-order valence-corrected chi connectivity index (χ0v) is 11.3. The summed E-state index contributed by atoms with van der Waals surface area (Å²) in [6.45, 7) is 4.26. The van der Waals surface area contributed by atoms with Crippen LogP contribution < -0.4 is 5.84 Å². The first kappa shape index (κ1) is 12.3. The summed E-state index contributed by atoms with van der Waals surface area (Å²) in [6.07, 6.45) is 0. The van der Waals surface area contributed by atoms with Crippen LogP contribution in [-0.4, -0.2) is 20.1 Å². The van der Waals surface area contributed by atoms with Gasteiger partial charge in [-0.05, 0) is 10.8 Å². The number of nitrogens with two attached hydrogens (primary N) is 1. The third-order valence-electron chi connectivity index (χ3n) is 2.01. The molecular formula is C11H14N4S2. The molecule has 2 N–H and O–H groups in total. The Labute approximate surface area is 108 Å². The van der Waals surface area contributed by atoms with Crippen molar-refractivity contribution in [3.63, 3.8) is 0 Å². The summed E-state index contributed by atoms with van der Waals surface area (Å²) < 4.78 is 1.54.